The van der Waals surface area contributed by atoms with Gasteiger partial charge in [0.25, 0.3) is 0 Å². The van der Waals surface area contributed by atoms with Gasteiger partial charge in [0.05, 0.1) is 19.0 Å². The van der Waals surface area contributed by atoms with Crippen LogP contribution in [0.4, 0.5) is 10.5 Å². The molecule has 4 nitrogen and oxygen atoms in total. The summed E-state index contributed by atoms with van der Waals surface area (Å²) in [6.45, 7) is 1.90. The van der Waals surface area contributed by atoms with Crippen molar-refractivity contribution in [2.45, 2.75) is 6.92 Å². The summed E-state index contributed by atoms with van der Waals surface area (Å²) in [6, 6.07) is 1.81. The molecule has 1 N–H and O–H groups in total. The first-order valence-electron chi connectivity index (χ1n) is 3.49. The fourth-order valence-electron chi connectivity index (χ4n) is 0.792. The first-order valence-corrected chi connectivity index (χ1v) is 3.49. The minimum Gasteiger partial charge on any atom is -0.453 e. The van der Waals surface area contributed by atoms with Gasteiger partial charge in [0, 0.05) is 6.20 Å². The third kappa shape index (κ3) is 2.23. The van der Waals surface area contributed by atoms with E-state index >= 15 is 0 Å². The van der Waals surface area contributed by atoms with E-state index in [1.807, 2.05) is 13.0 Å². The van der Waals surface area contributed by atoms with Gasteiger partial charge in [0.2, 0.25) is 0 Å². The van der Waals surface area contributed by atoms with Crippen molar-refractivity contribution in [3.8, 4) is 0 Å². The van der Waals surface area contributed by atoms with Crippen LogP contribution in [-0.4, -0.2) is 18.2 Å². The average Bonchev–Trinajstić information content (AvgIpc) is 2.04. The van der Waals surface area contributed by atoms with Gasteiger partial charge in [-0.05, 0) is 18.6 Å². The number of carbonyl (C=O) groups excluding carboxylic acids is 1. The standard InChI is InChI=1S/C8H10N2O2/c1-6-3-7(5-9-4-6)10-8(11)12-2/h3-5H,1-2H3,(H,10,11). The van der Waals surface area contributed by atoms with Crippen molar-refractivity contribution < 1.29 is 9.53 Å². The predicted octanol–water partition coefficient (Wildman–Crippen LogP) is 1.57. The molecule has 1 heterocycles. The highest BCUT2D eigenvalue weighted by Crippen LogP contribution is 2.06. The van der Waals surface area contributed by atoms with Crippen LogP contribution in [0, 0.1) is 6.92 Å². The number of nitrogens with zero attached hydrogens (tertiary/aromatic N) is 1. The van der Waals surface area contributed by atoms with Gasteiger partial charge in [-0.25, -0.2) is 4.79 Å². The number of amides is 1. The van der Waals surface area contributed by atoms with Crippen molar-refractivity contribution in [3.63, 3.8) is 0 Å². The van der Waals surface area contributed by atoms with Gasteiger partial charge in [-0.1, -0.05) is 0 Å². The van der Waals surface area contributed by atoms with Gasteiger partial charge >= 0.3 is 6.09 Å². The molecule has 12 heavy (non-hydrogen) atoms. The molecule has 0 aliphatic rings. The summed E-state index contributed by atoms with van der Waals surface area (Å²) >= 11 is 0. The van der Waals surface area contributed by atoms with Crippen LogP contribution in [0.2, 0.25) is 0 Å². The van der Waals surface area contributed by atoms with E-state index in [9.17, 15) is 4.79 Å². The van der Waals surface area contributed by atoms with Gasteiger partial charge in [-0.3, -0.25) is 10.3 Å². The van der Waals surface area contributed by atoms with Crippen LogP contribution in [0.3, 0.4) is 0 Å². The number of ether oxygens (including phenoxy) is 1. The highest BCUT2D eigenvalue weighted by Gasteiger charge is 1.99. The lowest BCUT2D eigenvalue weighted by Gasteiger charge is -2.02. The Hall–Kier alpha value is -1.58. The quantitative estimate of drug-likeness (QED) is 0.688. The van der Waals surface area contributed by atoms with E-state index < -0.39 is 6.09 Å². The second-order valence-corrected chi connectivity index (χ2v) is 2.37. The maximum Gasteiger partial charge on any atom is 0.411 e. The monoisotopic (exact) mass is 166 g/mol. The maximum absolute atomic E-state index is 10.7. The SMILES string of the molecule is COC(=O)Nc1cncc(C)c1. The van der Waals surface area contributed by atoms with Crippen LogP contribution in [0.1, 0.15) is 5.56 Å². The van der Waals surface area contributed by atoms with Crippen LogP contribution in [-0.2, 0) is 4.74 Å². The minimum atomic E-state index is -0.484. The Morgan fingerprint density at radius 3 is 2.92 bits per heavy atom. The number of pyridine rings is 1. The Balaban J connectivity index is 2.69. The van der Waals surface area contributed by atoms with Gasteiger partial charge < -0.3 is 4.74 Å². The maximum atomic E-state index is 10.7. The van der Waals surface area contributed by atoms with Crippen LogP contribution in [0.25, 0.3) is 0 Å². The van der Waals surface area contributed by atoms with Gasteiger partial charge in [-0.2, -0.15) is 0 Å². The van der Waals surface area contributed by atoms with Crippen molar-refractivity contribution in [1.82, 2.24) is 4.98 Å². The molecular formula is C8H10N2O2. The summed E-state index contributed by atoms with van der Waals surface area (Å²) in [4.78, 5) is 14.6. The summed E-state index contributed by atoms with van der Waals surface area (Å²) in [5, 5.41) is 2.51. The number of rotatable bonds is 1. The Kier molecular flexibility index (Phi) is 2.63. The van der Waals surface area contributed by atoms with E-state index in [1.54, 1.807) is 12.4 Å². The fourth-order valence-corrected chi connectivity index (χ4v) is 0.792. The zero-order chi connectivity index (χ0) is 8.97. The minimum absolute atomic E-state index is 0.484. The lowest BCUT2D eigenvalue weighted by molar-refractivity contribution is 0.187. The molecule has 0 unspecified atom stereocenters. The number of hydrogen-bond acceptors (Lipinski definition) is 3. The van der Waals surface area contributed by atoms with Crippen molar-refractivity contribution >= 4 is 11.8 Å². The molecule has 0 spiro atoms. The second kappa shape index (κ2) is 3.71. The molecule has 1 rings (SSSR count). The van der Waals surface area contributed by atoms with Crippen molar-refractivity contribution in [2.24, 2.45) is 0 Å². The molecule has 0 saturated carbocycles. The third-order valence-electron chi connectivity index (χ3n) is 1.31. The molecule has 0 aromatic carbocycles. The van der Waals surface area contributed by atoms with Crippen molar-refractivity contribution in [3.05, 3.63) is 24.0 Å². The lowest BCUT2D eigenvalue weighted by atomic mass is 10.3. The van der Waals surface area contributed by atoms with E-state index in [2.05, 4.69) is 15.0 Å². The zero-order valence-electron chi connectivity index (χ0n) is 7.00. The first kappa shape index (κ1) is 8.52. The van der Waals surface area contributed by atoms with Crippen LogP contribution in [0.15, 0.2) is 18.5 Å². The van der Waals surface area contributed by atoms with Crippen molar-refractivity contribution in [1.29, 1.82) is 0 Å². The summed E-state index contributed by atoms with van der Waals surface area (Å²) in [5.41, 5.74) is 1.63. The number of anilines is 1. The fraction of sp³-hybridized carbons (Fsp3) is 0.250. The molecule has 4 heteroatoms. The van der Waals surface area contributed by atoms with Gasteiger partial charge in [-0.15, -0.1) is 0 Å². The highest BCUT2D eigenvalue weighted by atomic mass is 16.5. The predicted molar refractivity (Wildman–Crippen MR) is 45.0 cm³/mol. The Labute approximate surface area is 70.6 Å². The number of carbonyl (C=O) groups is 1. The number of methoxy groups -OCH3 is 1. The zero-order valence-corrected chi connectivity index (χ0v) is 7.00. The molecule has 0 radical (unpaired) electrons. The van der Waals surface area contributed by atoms with E-state index in [0.29, 0.717) is 5.69 Å². The lowest BCUT2D eigenvalue weighted by Crippen LogP contribution is -2.10. The molecule has 0 aliphatic heterocycles. The van der Waals surface area contributed by atoms with Crippen LogP contribution >= 0.6 is 0 Å². The Morgan fingerprint density at radius 1 is 1.58 bits per heavy atom. The molecular weight excluding hydrogens is 156 g/mol. The summed E-state index contributed by atoms with van der Waals surface area (Å²) in [7, 11) is 1.32. The van der Waals surface area contributed by atoms with Crippen molar-refractivity contribution in [2.75, 3.05) is 12.4 Å². The molecule has 1 aromatic heterocycles. The molecule has 0 atom stereocenters. The molecule has 0 saturated heterocycles. The summed E-state index contributed by atoms with van der Waals surface area (Å²) < 4.78 is 4.42. The molecule has 64 valence electrons. The van der Waals surface area contributed by atoms with E-state index in [1.165, 1.54) is 7.11 Å². The second-order valence-electron chi connectivity index (χ2n) is 2.37. The average molecular weight is 166 g/mol. The summed E-state index contributed by atoms with van der Waals surface area (Å²) in [5.74, 6) is 0. The molecule has 1 aromatic rings. The normalized spacial score (nSPS) is 9.17. The number of aromatic nitrogens is 1. The van der Waals surface area contributed by atoms with E-state index in [4.69, 9.17) is 0 Å². The first-order chi connectivity index (χ1) is 5.72. The third-order valence-corrected chi connectivity index (χ3v) is 1.31. The number of nitrogens with one attached hydrogen (secondary N) is 1. The molecule has 0 bridgehead atoms. The van der Waals surface area contributed by atoms with Gasteiger partial charge in [0.1, 0.15) is 0 Å². The van der Waals surface area contributed by atoms with Crippen LogP contribution < -0.4 is 5.32 Å². The van der Waals surface area contributed by atoms with Gasteiger partial charge in [0.15, 0.2) is 0 Å². The van der Waals surface area contributed by atoms with E-state index in [-0.39, 0.29) is 0 Å². The van der Waals surface area contributed by atoms with Crippen LogP contribution in [0.5, 0.6) is 0 Å². The number of aryl methyl sites for hydroxylation is 1. The molecule has 0 aliphatic carbocycles. The highest BCUT2D eigenvalue weighted by molar-refractivity contribution is 5.84. The van der Waals surface area contributed by atoms with E-state index in [0.717, 1.165) is 5.56 Å². The largest absolute Gasteiger partial charge is 0.453 e. The number of hydrogen-bond donors (Lipinski definition) is 1. The topological polar surface area (TPSA) is 51.2 Å². The molecule has 1 amide bonds. The summed E-state index contributed by atoms with van der Waals surface area (Å²) in [6.07, 6.45) is 2.79. The Morgan fingerprint density at radius 2 is 2.33 bits per heavy atom. The molecule has 0 fully saturated rings. The smallest absolute Gasteiger partial charge is 0.411 e. The Bertz CT molecular complexity index is 286.